The van der Waals surface area contributed by atoms with Gasteiger partial charge in [0.2, 0.25) is 0 Å². The zero-order chi connectivity index (χ0) is 24.0. The molecule has 3 aromatic heterocycles. The standard InChI is InChI=1S/C25H26FN7O2/c1-34-14-13-28-16-17-5-4-6-19(15-17)24-29-25(35-31-24)22-23(18-9-11-27-12-10-18)33(32-30-22)21-8-3-2-7-20(21)26/h2-5,7-12,15,19-21,28H,6,13-14,16H2,1H3. The second-order valence-electron chi connectivity index (χ2n) is 8.29. The van der Waals surface area contributed by atoms with Crippen molar-refractivity contribution in [2.24, 2.45) is 0 Å². The molecule has 1 N–H and O–H groups in total. The van der Waals surface area contributed by atoms with Crippen LogP contribution in [-0.4, -0.2) is 63.1 Å². The summed E-state index contributed by atoms with van der Waals surface area (Å²) in [7, 11) is 1.68. The quantitative estimate of drug-likeness (QED) is 0.468. The summed E-state index contributed by atoms with van der Waals surface area (Å²) >= 11 is 0. The van der Waals surface area contributed by atoms with Crippen molar-refractivity contribution in [2.75, 3.05) is 26.8 Å². The molecule has 0 spiro atoms. The molecule has 0 saturated heterocycles. The predicted octanol–water partition coefficient (Wildman–Crippen LogP) is 3.60. The molecule has 9 nitrogen and oxygen atoms in total. The fourth-order valence-electron chi connectivity index (χ4n) is 4.14. The van der Waals surface area contributed by atoms with Gasteiger partial charge in [-0.2, -0.15) is 4.98 Å². The number of alkyl halides is 1. The number of pyridine rings is 1. The molecule has 2 aliphatic rings. The number of ether oxygens (including phenoxy) is 1. The van der Waals surface area contributed by atoms with Crippen LogP contribution in [0.15, 0.2) is 77.2 Å². The van der Waals surface area contributed by atoms with E-state index in [0.29, 0.717) is 23.8 Å². The topological polar surface area (TPSA) is 104 Å². The highest BCUT2D eigenvalue weighted by Gasteiger charge is 2.29. The molecule has 3 unspecified atom stereocenters. The summed E-state index contributed by atoms with van der Waals surface area (Å²) in [5.41, 5.74) is 2.93. The van der Waals surface area contributed by atoms with Gasteiger partial charge in [0.25, 0.3) is 5.89 Å². The van der Waals surface area contributed by atoms with Crippen LogP contribution in [0.3, 0.4) is 0 Å². The lowest BCUT2D eigenvalue weighted by molar-refractivity contribution is 0.200. The summed E-state index contributed by atoms with van der Waals surface area (Å²) in [5, 5.41) is 16.2. The van der Waals surface area contributed by atoms with Crippen LogP contribution in [0.25, 0.3) is 22.8 Å². The SMILES string of the molecule is COCCNCC1=CC(c2noc(-c3nnn(C4C=CC=CC4F)c3-c3ccncc3)n2)CC=C1. The molecule has 0 amide bonds. The lowest BCUT2D eigenvalue weighted by Gasteiger charge is -2.19. The van der Waals surface area contributed by atoms with Gasteiger partial charge < -0.3 is 14.6 Å². The first-order chi connectivity index (χ1) is 17.2. The molecular weight excluding hydrogens is 449 g/mol. The first-order valence-electron chi connectivity index (χ1n) is 11.5. The minimum atomic E-state index is -1.23. The van der Waals surface area contributed by atoms with Crippen LogP contribution >= 0.6 is 0 Å². The summed E-state index contributed by atoms with van der Waals surface area (Å²) < 4.78 is 27.0. The van der Waals surface area contributed by atoms with Gasteiger partial charge in [-0.15, -0.1) is 5.10 Å². The molecule has 0 aliphatic heterocycles. The maximum absolute atomic E-state index is 14.7. The van der Waals surface area contributed by atoms with E-state index in [4.69, 9.17) is 9.26 Å². The second kappa shape index (κ2) is 10.7. The van der Waals surface area contributed by atoms with Crippen LogP contribution in [0.5, 0.6) is 0 Å². The molecule has 0 radical (unpaired) electrons. The van der Waals surface area contributed by atoms with Crippen LogP contribution in [0, 0.1) is 0 Å². The third-order valence-electron chi connectivity index (χ3n) is 5.90. The molecule has 5 rings (SSSR count). The van der Waals surface area contributed by atoms with Crippen molar-refractivity contribution in [2.45, 2.75) is 24.6 Å². The zero-order valence-corrected chi connectivity index (χ0v) is 19.3. The van der Waals surface area contributed by atoms with Crippen LogP contribution in [0.2, 0.25) is 0 Å². The Kier molecular flexibility index (Phi) is 7.01. The van der Waals surface area contributed by atoms with Crippen LogP contribution < -0.4 is 5.32 Å². The fraction of sp³-hybridized carbons (Fsp3) is 0.320. The summed E-state index contributed by atoms with van der Waals surface area (Å²) in [6.45, 7) is 2.17. The number of methoxy groups -OCH3 is 1. The number of nitrogens with zero attached hydrogens (tertiary/aromatic N) is 6. The van der Waals surface area contributed by atoms with Gasteiger partial charge in [-0.1, -0.05) is 46.8 Å². The molecule has 180 valence electrons. The average molecular weight is 476 g/mol. The smallest absolute Gasteiger partial charge is 0.280 e. The number of nitrogens with one attached hydrogen (secondary N) is 1. The minimum Gasteiger partial charge on any atom is -0.383 e. The van der Waals surface area contributed by atoms with Crippen LogP contribution in [0.4, 0.5) is 4.39 Å². The molecule has 3 heterocycles. The van der Waals surface area contributed by atoms with Gasteiger partial charge in [0.1, 0.15) is 17.9 Å². The Bertz CT molecular complexity index is 1260. The van der Waals surface area contributed by atoms with Crippen molar-refractivity contribution in [3.8, 4) is 22.8 Å². The highest BCUT2D eigenvalue weighted by atomic mass is 19.1. The zero-order valence-electron chi connectivity index (χ0n) is 19.3. The molecule has 35 heavy (non-hydrogen) atoms. The van der Waals surface area contributed by atoms with Gasteiger partial charge >= 0.3 is 0 Å². The Labute approximate surface area is 202 Å². The molecular formula is C25H26FN7O2. The van der Waals surface area contributed by atoms with E-state index in [2.05, 4.69) is 49.0 Å². The molecule has 2 aliphatic carbocycles. The molecule has 3 atom stereocenters. The molecule has 3 aromatic rings. The third kappa shape index (κ3) is 5.03. The van der Waals surface area contributed by atoms with Crippen molar-refractivity contribution < 1.29 is 13.7 Å². The highest BCUT2D eigenvalue weighted by Crippen LogP contribution is 2.35. The van der Waals surface area contributed by atoms with Gasteiger partial charge in [0.15, 0.2) is 11.5 Å². The second-order valence-corrected chi connectivity index (χ2v) is 8.29. The number of hydrogen-bond acceptors (Lipinski definition) is 8. The van der Waals surface area contributed by atoms with Crippen LogP contribution in [0.1, 0.15) is 24.2 Å². The van der Waals surface area contributed by atoms with Crippen molar-refractivity contribution >= 4 is 0 Å². The largest absolute Gasteiger partial charge is 0.383 e. The number of hydrogen-bond donors (Lipinski definition) is 1. The van der Waals surface area contributed by atoms with Crippen molar-refractivity contribution in [3.63, 3.8) is 0 Å². The Hall–Kier alpha value is -3.76. The molecule has 0 saturated carbocycles. The normalized spacial score (nSPS) is 21.4. The first-order valence-corrected chi connectivity index (χ1v) is 11.5. The highest BCUT2D eigenvalue weighted by molar-refractivity contribution is 5.74. The third-order valence-corrected chi connectivity index (χ3v) is 5.90. The number of aromatic nitrogens is 6. The number of allylic oxidation sites excluding steroid dienone is 6. The van der Waals surface area contributed by atoms with Gasteiger partial charge in [-0.3, -0.25) is 4.98 Å². The van der Waals surface area contributed by atoms with Gasteiger partial charge in [-0.25, -0.2) is 9.07 Å². The molecule has 0 fully saturated rings. The first kappa shape index (κ1) is 23.0. The molecule has 0 bridgehead atoms. The summed E-state index contributed by atoms with van der Waals surface area (Å²) in [6, 6.07) is 3.01. The monoisotopic (exact) mass is 475 g/mol. The van der Waals surface area contributed by atoms with E-state index < -0.39 is 12.2 Å². The summed E-state index contributed by atoms with van der Waals surface area (Å²) in [5.74, 6) is 0.794. The number of halogens is 1. The lowest BCUT2D eigenvalue weighted by atomic mass is 9.95. The predicted molar refractivity (Wildman–Crippen MR) is 128 cm³/mol. The molecule has 0 aromatic carbocycles. The van der Waals surface area contributed by atoms with E-state index in [0.717, 1.165) is 30.6 Å². The van der Waals surface area contributed by atoms with E-state index in [-0.39, 0.29) is 11.8 Å². The van der Waals surface area contributed by atoms with Crippen molar-refractivity contribution in [3.05, 3.63) is 78.5 Å². The Balaban J connectivity index is 1.44. The summed E-state index contributed by atoms with van der Waals surface area (Å²) in [4.78, 5) is 8.75. The fourth-order valence-corrected chi connectivity index (χ4v) is 4.14. The average Bonchev–Trinajstić information content (AvgIpc) is 3.55. The minimum absolute atomic E-state index is 0.0159. The summed E-state index contributed by atoms with van der Waals surface area (Å²) in [6.07, 6.45) is 16.0. The Morgan fingerprint density at radius 1 is 1.23 bits per heavy atom. The van der Waals surface area contributed by atoms with E-state index >= 15 is 0 Å². The number of rotatable bonds is 9. The van der Waals surface area contributed by atoms with Crippen LogP contribution in [-0.2, 0) is 4.74 Å². The van der Waals surface area contributed by atoms with E-state index in [1.165, 1.54) is 6.08 Å². The van der Waals surface area contributed by atoms with E-state index in [9.17, 15) is 4.39 Å². The van der Waals surface area contributed by atoms with Gasteiger partial charge in [0.05, 0.1) is 6.61 Å². The lowest BCUT2D eigenvalue weighted by Crippen LogP contribution is -2.22. The van der Waals surface area contributed by atoms with E-state index in [1.54, 1.807) is 42.4 Å². The molecule has 10 heteroatoms. The van der Waals surface area contributed by atoms with Gasteiger partial charge in [-0.05, 0) is 30.2 Å². The Morgan fingerprint density at radius 2 is 2.09 bits per heavy atom. The van der Waals surface area contributed by atoms with E-state index in [1.807, 2.05) is 12.1 Å². The van der Waals surface area contributed by atoms with Gasteiger partial charge in [0, 0.05) is 44.1 Å². The Morgan fingerprint density at radius 3 is 2.91 bits per heavy atom. The maximum atomic E-state index is 14.7. The maximum Gasteiger partial charge on any atom is 0.280 e. The van der Waals surface area contributed by atoms with Crippen molar-refractivity contribution in [1.29, 1.82) is 0 Å². The van der Waals surface area contributed by atoms with Crippen molar-refractivity contribution in [1.82, 2.24) is 35.4 Å².